The van der Waals surface area contributed by atoms with Crippen LogP contribution in [0.2, 0.25) is 0 Å². The molecule has 1 amide bonds. The van der Waals surface area contributed by atoms with E-state index in [9.17, 15) is 13.2 Å². The van der Waals surface area contributed by atoms with Crippen LogP contribution in [0.15, 0.2) is 23.1 Å². The highest BCUT2D eigenvalue weighted by atomic mass is 32.2. The molecule has 0 aliphatic rings. The molecule has 1 aromatic carbocycles. The number of benzene rings is 1. The van der Waals surface area contributed by atoms with Crippen LogP contribution in [0.25, 0.3) is 0 Å². The number of hydrogen-bond donors (Lipinski definition) is 2. The van der Waals surface area contributed by atoms with Crippen LogP contribution in [-0.2, 0) is 17.1 Å². The fourth-order valence-corrected chi connectivity index (χ4v) is 3.60. The van der Waals surface area contributed by atoms with Crippen molar-refractivity contribution in [1.82, 2.24) is 20.0 Å². The van der Waals surface area contributed by atoms with Crippen molar-refractivity contribution < 1.29 is 22.7 Å². The largest absolute Gasteiger partial charge is 0.497 e. The van der Waals surface area contributed by atoms with Gasteiger partial charge in [-0.3, -0.25) is 14.9 Å². The fraction of sp³-hybridized carbons (Fsp3) is 0.333. The van der Waals surface area contributed by atoms with Gasteiger partial charge in [-0.05, 0) is 26.0 Å². The summed E-state index contributed by atoms with van der Waals surface area (Å²) < 4.78 is 36.5. The molecule has 2 rings (SSSR count). The van der Waals surface area contributed by atoms with E-state index in [1.165, 1.54) is 31.0 Å². The van der Waals surface area contributed by atoms with Gasteiger partial charge in [-0.2, -0.15) is 5.10 Å². The van der Waals surface area contributed by atoms with Crippen LogP contribution in [0.1, 0.15) is 21.7 Å². The summed E-state index contributed by atoms with van der Waals surface area (Å²) >= 11 is 0. The summed E-state index contributed by atoms with van der Waals surface area (Å²) in [5.74, 6) is 0.164. The Labute approximate surface area is 146 Å². The third kappa shape index (κ3) is 3.91. The van der Waals surface area contributed by atoms with Crippen LogP contribution in [0.4, 0.5) is 0 Å². The summed E-state index contributed by atoms with van der Waals surface area (Å²) in [4.78, 5) is 14.4. The molecule has 0 aliphatic heterocycles. The number of nitrogens with one attached hydrogen (secondary N) is 2. The zero-order valence-corrected chi connectivity index (χ0v) is 15.4. The van der Waals surface area contributed by atoms with Gasteiger partial charge in [0.15, 0.2) is 0 Å². The number of nitrogens with zero attached hydrogens (tertiary/aromatic N) is 2. The van der Waals surface area contributed by atoms with Crippen LogP contribution in [-0.4, -0.2) is 38.3 Å². The second-order valence-electron chi connectivity index (χ2n) is 5.28. The second kappa shape index (κ2) is 7.11. The highest BCUT2D eigenvalue weighted by molar-refractivity contribution is 7.89. The zero-order valence-electron chi connectivity index (χ0n) is 14.6. The molecule has 0 bridgehead atoms. The first-order valence-corrected chi connectivity index (χ1v) is 8.73. The number of amides is 1. The third-order valence-corrected chi connectivity index (χ3v) is 5.12. The standard InChI is InChI=1S/C15H20N4O5S/c1-9-14(10(2)19(3)17-9)25(21,22)18-16-15(20)11-6-12(23-4)8-13(7-11)24-5/h6-8,18H,1-5H3,(H,16,20). The van der Waals surface area contributed by atoms with Crippen molar-refractivity contribution in [3.8, 4) is 11.5 Å². The molecule has 9 nitrogen and oxygen atoms in total. The summed E-state index contributed by atoms with van der Waals surface area (Å²) in [6.45, 7) is 3.21. The smallest absolute Gasteiger partial charge is 0.266 e. The molecule has 0 saturated carbocycles. The zero-order chi connectivity index (χ0) is 18.8. The van der Waals surface area contributed by atoms with E-state index < -0.39 is 15.9 Å². The molecule has 25 heavy (non-hydrogen) atoms. The lowest BCUT2D eigenvalue weighted by molar-refractivity contribution is 0.0944. The van der Waals surface area contributed by atoms with E-state index >= 15 is 0 Å². The molecule has 1 aromatic heterocycles. The number of aryl methyl sites for hydroxylation is 2. The summed E-state index contributed by atoms with van der Waals surface area (Å²) in [6, 6.07) is 4.53. The number of carbonyl (C=O) groups excluding carboxylic acids is 1. The summed E-state index contributed by atoms with van der Waals surface area (Å²) in [5.41, 5.74) is 3.16. The number of carbonyl (C=O) groups is 1. The average molecular weight is 368 g/mol. The van der Waals surface area contributed by atoms with Crippen molar-refractivity contribution in [3.63, 3.8) is 0 Å². The van der Waals surface area contributed by atoms with Gasteiger partial charge in [0, 0.05) is 18.7 Å². The van der Waals surface area contributed by atoms with Crippen molar-refractivity contribution in [2.75, 3.05) is 14.2 Å². The Kier molecular flexibility index (Phi) is 5.33. The topological polar surface area (TPSA) is 112 Å². The molecule has 0 spiro atoms. The second-order valence-corrected chi connectivity index (χ2v) is 6.90. The van der Waals surface area contributed by atoms with E-state index in [1.54, 1.807) is 27.0 Å². The minimum Gasteiger partial charge on any atom is -0.497 e. The molecular formula is C15H20N4O5S. The maximum absolute atomic E-state index is 12.4. The minimum atomic E-state index is -3.96. The van der Waals surface area contributed by atoms with Gasteiger partial charge in [0.25, 0.3) is 15.9 Å². The van der Waals surface area contributed by atoms with E-state index in [2.05, 4.69) is 15.4 Å². The van der Waals surface area contributed by atoms with Crippen LogP contribution < -0.4 is 19.7 Å². The van der Waals surface area contributed by atoms with Crippen LogP contribution in [0, 0.1) is 13.8 Å². The van der Waals surface area contributed by atoms with Gasteiger partial charge in [0.2, 0.25) is 0 Å². The lowest BCUT2D eigenvalue weighted by Gasteiger charge is -2.11. The first kappa shape index (κ1) is 18.7. The van der Waals surface area contributed by atoms with Crippen molar-refractivity contribution in [3.05, 3.63) is 35.2 Å². The quantitative estimate of drug-likeness (QED) is 0.725. The number of hydrazine groups is 1. The van der Waals surface area contributed by atoms with E-state index in [1.807, 2.05) is 0 Å². The monoisotopic (exact) mass is 368 g/mol. The molecule has 2 aromatic rings. The number of ether oxygens (including phenoxy) is 2. The average Bonchev–Trinajstić information content (AvgIpc) is 2.84. The number of hydrogen-bond acceptors (Lipinski definition) is 6. The van der Waals surface area contributed by atoms with Crippen LogP contribution >= 0.6 is 0 Å². The Balaban J connectivity index is 2.22. The van der Waals surface area contributed by atoms with Gasteiger partial charge in [-0.15, -0.1) is 4.83 Å². The highest BCUT2D eigenvalue weighted by Gasteiger charge is 2.24. The van der Waals surface area contributed by atoms with E-state index in [0.29, 0.717) is 22.9 Å². The van der Waals surface area contributed by atoms with E-state index in [4.69, 9.17) is 9.47 Å². The molecule has 10 heteroatoms. The Morgan fingerprint density at radius 2 is 1.68 bits per heavy atom. The predicted molar refractivity (Wildman–Crippen MR) is 90.0 cm³/mol. The molecule has 0 unspecified atom stereocenters. The number of aromatic nitrogens is 2. The number of rotatable bonds is 6. The first-order valence-electron chi connectivity index (χ1n) is 7.25. The van der Waals surface area contributed by atoms with Crippen molar-refractivity contribution in [1.29, 1.82) is 0 Å². The van der Waals surface area contributed by atoms with Crippen molar-refractivity contribution in [2.24, 2.45) is 7.05 Å². The molecule has 136 valence electrons. The van der Waals surface area contributed by atoms with Gasteiger partial charge in [-0.1, -0.05) is 0 Å². The molecule has 1 heterocycles. The van der Waals surface area contributed by atoms with Crippen molar-refractivity contribution >= 4 is 15.9 Å². The van der Waals surface area contributed by atoms with Gasteiger partial charge in [0.05, 0.1) is 25.6 Å². The van der Waals surface area contributed by atoms with Crippen LogP contribution in [0.3, 0.4) is 0 Å². The Morgan fingerprint density at radius 1 is 1.12 bits per heavy atom. The maximum atomic E-state index is 12.4. The Morgan fingerprint density at radius 3 is 2.12 bits per heavy atom. The molecule has 2 N–H and O–H groups in total. The molecule has 0 atom stereocenters. The highest BCUT2D eigenvalue weighted by Crippen LogP contribution is 2.22. The molecular weight excluding hydrogens is 348 g/mol. The SMILES string of the molecule is COc1cc(OC)cc(C(=O)NNS(=O)(=O)c2c(C)nn(C)c2C)c1. The Bertz CT molecular complexity index is 883. The number of sulfonamides is 1. The summed E-state index contributed by atoms with van der Waals surface area (Å²) in [5, 5.41) is 4.06. The van der Waals surface area contributed by atoms with E-state index in [-0.39, 0.29) is 10.5 Å². The normalized spacial score (nSPS) is 11.2. The fourth-order valence-electron chi connectivity index (χ4n) is 2.32. The summed E-state index contributed by atoms with van der Waals surface area (Å²) in [6.07, 6.45) is 0. The van der Waals surface area contributed by atoms with E-state index in [0.717, 1.165) is 0 Å². The third-order valence-electron chi connectivity index (χ3n) is 3.62. The van der Waals surface area contributed by atoms with Crippen molar-refractivity contribution in [2.45, 2.75) is 18.7 Å². The minimum absolute atomic E-state index is 0.0264. The van der Waals surface area contributed by atoms with Crippen LogP contribution in [0.5, 0.6) is 11.5 Å². The lowest BCUT2D eigenvalue weighted by Crippen LogP contribution is -2.41. The van der Waals surface area contributed by atoms with Gasteiger partial charge in [-0.25, -0.2) is 8.42 Å². The van der Waals surface area contributed by atoms with Gasteiger partial charge in [0.1, 0.15) is 16.4 Å². The van der Waals surface area contributed by atoms with Gasteiger partial charge >= 0.3 is 0 Å². The summed E-state index contributed by atoms with van der Waals surface area (Å²) in [7, 11) is 0.581. The predicted octanol–water partition coefficient (Wildman–Crippen LogP) is 0.677. The molecule has 0 radical (unpaired) electrons. The maximum Gasteiger partial charge on any atom is 0.266 e. The lowest BCUT2D eigenvalue weighted by atomic mass is 10.2. The molecule has 0 aliphatic carbocycles. The first-order chi connectivity index (χ1) is 11.7. The number of methoxy groups -OCH3 is 2. The Hall–Kier alpha value is -2.59. The van der Waals surface area contributed by atoms with Gasteiger partial charge < -0.3 is 9.47 Å². The molecule has 0 fully saturated rings. The molecule has 0 saturated heterocycles.